The summed E-state index contributed by atoms with van der Waals surface area (Å²) in [5.74, 6) is 0.440. The standard InChI is InChI=1S/C25H27FN8OS/c1-24-8-3-9-25(2,33-24)21(26)18(11-24)34(15-5-6-15)23-28-13-17(29-32-23)16-7-4-14(10-19(16)35)22-31-30-20(12-27)36-22/h4,7,10,13,15,18,21,33,35H,3,5-6,8-9,11H2,1-2H3/t18-,21-,24-,25+/m1/s1. The van der Waals surface area contributed by atoms with Crippen molar-refractivity contribution in [3.05, 3.63) is 29.4 Å². The molecule has 186 valence electrons. The van der Waals surface area contributed by atoms with Gasteiger partial charge in [0.2, 0.25) is 11.0 Å². The number of piperidine rings is 2. The Morgan fingerprint density at radius 3 is 2.69 bits per heavy atom. The Kier molecular flexibility index (Phi) is 5.42. The third-order valence-corrected chi connectivity index (χ3v) is 8.61. The molecular formula is C25H27FN8OS. The highest BCUT2D eigenvalue weighted by atomic mass is 32.1. The van der Waals surface area contributed by atoms with Gasteiger partial charge in [-0.05, 0) is 64.5 Å². The van der Waals surface area contributed by atoms with Gasteiger partial charge in [0, 0.05) is 28.2 Å². The summed E-state index contributed by atoms with van der Waals surface area (Å²) in [6.45, 7) is 4.20. The summed E-state index contributed by atoms with van der Waals surface area (Å²) < 4.78 is 16.0. The summed E-state index contributed by atoms with van der Waals surface area (Å²) in [7, 11) is 0. The van der Waals surface area contributed by atoms with E-state index in [1.807, 2.05) is 13.0 Å². The van der Waals surface area contributed by atoms with Crippen molar-refractivity contribution in [3.8, 4) is 33.6 Å². The van der Waals surface area contributed by atoms with Gasteiger partial charge in [-0.15, -0.1) is 20.4 Å². The van der Waals surface area contributed by atoms with Crippen molar-refractivity contribution in [1.29, 1.82) is 5.26 Å². The molecule has 6 rings (SSSR count). The Bertz CT molecular complexity index is 1340. The molecule has 4 heterocycles. The highest BCUT2D eigenvalue weighted by Gasteiger charge is 2.56. The molecule has 11 heteroatoms. The second-order valence-electron chi connectivity index (χ2n) is 10.7. The molecular weight excluding hydrogens is 479 g/mol. The predicted octanol–water partition coefficient (Wildman–Crippen LogP) is 4.00. The Labute approximate surface area is 212 Å². The second-order valence-corrected chi connectivity index (χ2v) is 11.6. The van der Waals surface area contributed by atoms with E-state index in [2.05, 4.69) is 42.5 Å². The van der Waals surface area contributed by atoms with Gasteiger partial charge in [0.15, 0.2) is 0 Å². The number of nitrogens with zero attached hydrogens (tertiary/aromatic N) is 7. The third kappa shape index (κ3) is 3.98. The van der Waals surface area contributed by atoms with Crippen LogP contribution in [0.1, 0.15) is 57.4 Å². The number of hydrogen-bond donors (Lipinski definition) is 2. The molecule has 0 amide bonds. The highest BCUT2D eigenvalue weighted by Crippen LogP contribution is 2.46. The van der Waals surface area contributed by atoms with E-state index in [4.69, 9.17) is 5.26 Å². The maximum atomic E-state index is 16.0. The maximum absolute atomic E-state index is 16.0. The van der Waals surface area contributed by atoms with Gasteiger partial charge in [-0.1, -0.05) is 17.4 Å². The fourth-order valence-electron chi connectivity index (χ4n) is 5.96. The topological polar surface area (TPSA) is 124 Å². The maximum Gasteiger partial charge on any atom is 0.245 e. The van der Waals surface area contributed by atoms with Crippen LogP contribution in [0.15, 0.2) is 24.4 Å². The largest absolute Gasteiger partial charge is 0.507 e. The Morgan fingerprint density at radius 1 is 1.19 bits per heavy atom. The molecule has 1 aromatic carbocycles. The lowest BCUT2D eigenvalue weighted by Gasteiger charge is -2.57. The molecule has 2 bridgehead atoms. The van der Waals surface area contributed by atoms with Crippen LogP contribution in [0.5, 0.6) is 5.75 Å². The molecule has 3 aliphatic rings. The van der Waals surface area contributed by atoms with Crippen molar-refractivity contribution in [2.45, 2.75) is 81.7 Å². The first-order valence-corrected chi connectivity index (χ1v) is 13.1. The Morgan fingerprint density at radius 2 is 2.03 bits per heavy atom. The number of anilines is 1. The van der Waals surface area contributed by atoms with Gasteiger partial charge in [-0.2, -0.15) is 5.26 Å². The highest BCUT2D eigenvalue weighted by molar-refractivity contribution is 7.15. The van der Waals surface area contributed by atoms with E-state index >= 15 is 4.39 Å². The SMILES string of the molecule is C[C@]12CCC[C@](C)(N1)[C@H](F)[C@H](N(c1ncc(-c3ccc(-c4nnc(C#N)s4)cc3O)nn1)C1CC1)C2. The summed E-state index contributed by atoms with van der Waals surface area (Å²) in [6.07, 6.45) is 6.13. The van der Waals surface area contributed by atoms with E-state index in [1.165, 1.54) is 0 Å². The molecule has 0 radical (unpaired) electrons. The zero-order valence-corrected chi connectivity index (χ0v) is 21.0. The van der Waals surface area contributed by atoms with Crippen LogP contribution in [0.4, 0.5) is 10.3 Å². The number of aromatic hydroxyl groups is 1. The van der Waals surface area contributed by atoms with E-state index in [-0.39, 0.29) is 28.4 Å². The minimum Gasteiger partial charge on any atom is -0.507 e. The molecule has 36 heavy (non-hydrogen) atoms. The van der Waals surface area contributed by atoms with Crippen LogP contribution >= 0.6 is 11.3 Å². The van der Waals surface area contributed by atoms with Crippen molar-refractivity contribution in [2.24, 2.45) is 0 Å². The fourth-order valence-corrected chi connectivity index (χ4v) is 6.60. The van der Waals surface area contributed by atoms with Crippen molar-refractivity contribution < 1.29 is 9.50 Å². The summed E-state index contributed by atoms with van der Waals surface area (Å²) in [5.41, 5.74) is 0.903. The summed E-state index contributed by atoms with van der Waals surface area (Å²) in [4.78, 5) is 6.66. The molecule has 2 saturated heterocycles. The molecule has 4 atom stereocenters. The normalized spacial score (nSPS) is 29.5. The van der Waals surface area contributed by atoms with Crippen LogP contribution in [0, 0.1) is 11.3 Å². The van der Waals surface area contributed by atoms with Crippen LogP contribution in [-0.4, -0.2) is 59.8 Å². The second kappa shape index (κ2) is 8.42. The van der Waals surface area contributed by atoms with E-state index in [0.29, 0.717) is 34.2 Å². The zero-order valence-electron chi connectivity index (χ0n) is 20.1. The van der Waals surface area contributed by atoms with Gasteiger partial charge in [-0.25, -0.2) is 9.37 Å². The number of nitrogens with one attached hydrogen (secondary N) is 1. The number of alkyl halides is 1. The minimum absolute atomic E-state index is 0.0000383. The van der Waals surface area contributed by atoms with Crippen molar-refractivity contribution in [3.63, 3.8) is 0 Å². The lowest BCUT2D eigenvalue weighted by molar-refractivity contribution is 0.0000874. The number of phenolic OH excluding ortho intramolecular Hbond substituents is 1. The molecule has 9 nitrogen and oxygen atoms in total. The van der Waals surface area contributed by atoms with Gasteiger partial charge in [0.1, 0.15) is 28.7 Å². The Balaban J connectivity index is 1.28. The van der Waals surface area contributed by atoms with E-state index in [1.54, 1.807) is 24.4 Å². The molecule has 0 unspecified atom stereocenters. The van der Waals surface area contributed by atoms with Crippen LogP contribution in [0.2, 0.25) is 0 Å². The molecule has 3 fully saturated rings. The average molecular weight is 507 g/mol. The molecule has 0 spiro atoms. The number of nitriles is 1. The quantitative estimate of drug-likeness (QED) is 0.528. The minimum atomic E-state index is -1.03. The van der Waals surface area contributed by atoms with Gasteiger partial charge in [0.25, 0.3) is 0 Å². The first kappa shape index (κ1) is 23.2. The molecule has 2 aromatic heterocycles. The predicted molar refractivity (Wildman–Crippen MR) is 133 cm³/mol. The summed E-state index contributed by atoms with van der Waals surface area (Å²) in [6, 6.07) is 6.95. The first-order chi connectivity index (χ1) is 17.3. The van der Waals surface area contributed by atoms with Crippen LogP contribution in [0.25, 0.3) is 21.8 Å². The van der Waals surface area contributed by atoms with Crippen LogP contribution < -0.4 is 10.2 Å². The van der Waals surface area contributed by atoms with E-state index in [9.17, 15) is 5.11 Å². The summed E-state index contributed by atoms with van der Waals surface area (Å²) >= 11 is 1.15. The van der Waals surface area contributed by atoms with Gasteiger partial charge >= 0.3 is 0 Å². The zero-order chi connectivity index (χ0) is 25.1. The molecule has 2 aliphatic heterocycles. The summed E-state index contributed by atoms with van der Waals surface area (Å²) in [5, 5.41) is 40.6. The number of aromatic nitrogens is 5. The monoisotopic (exact) mass is 506 g/mol. The van der Waals surface area contributed by atoms with Crippen molar-refractivity contribution in [2.75, 3.05) is 4.90 Å². The lowest BCUT2D eigenvalue weighted by Crippen LogP contribution is -2.73. The van der Waals surface area contributed by atoms with Crippen molar-refractivity contribution >= 4 is 17.3 Å². The smallest absolute Gasteiger partial charge is 0.245 e. The van der Waals surface area contributed by atoms with Gasteiger partial charge in [0.05, 0.1) is 12.2 Å². The van der Waals surface area contributed by atoms with Crippen LogP contribution in [-0.2, 0) is 0 Å². The average Bonchev–Trinajstić information content (AvgIpc) is 3.57. The van der Waals surface area contributed by atoms with Crippen molar-refractivity contribution in [1.82, 2.24) is 30.7 Å². The number of benzene rings is 1. The number of hydrogen-bond acceptors (Lipinski definition) is 10. The third-order valence-electron chi connectivity index (χ3n) is 7.74. The number of phenols is 1. The first-order valence-electron chi connectivity index (χ1n) is 12.3. The fraction of sp³-hybridized carbons (Fsp3) is 0.520. The van der Waals surface area contributed by atoms with E-state index in [0.717, 1.165) is 43.4 Å². The number of halogens is 1. The molecule has 3 aromatic rings. The molecule has 1 saturated carbocycles. The number of rotatable bonds is 5. The van der Waals surface area contributed by atoms with E-state index < -0.39 is 11.7 Å². The molecule has 1 aliphatic carbocycles. The van der Waals surface area contributed by atoms with Crippen LogP contribution in [0.3, 0.4) is 0 Å². The Hall–Kier alpha value is -3.23. The van der Waals surface area contributed by atoms with Gasteiger partial charge in [-0.3, -0.25) is 0 Å². The number of fused-ring (bicyclic) bond motifs is 2. The molecule has 2 N–H and O–H groups in total. The van der Waals surface area contributed by atoms with Gasteiger partial charge < -0.3 is 15.3 Å². The lowest BCUT2D eigenvalue weighted by atomic mass is 9.68.